The van der Waals surface area contributed by atoms with Gasteiger partial charge in [-0.3, -0.25) is 10.00 Å². The lowest BCUT2D eigenvalue weighted by atomic mass is 9.99. The molecular weight excluding hydrogens is 186 g/mol. The number of nitrogens with one attached hydrogen (secondary N) is 1. The first kappa shape index (κ1) is 8.68. The van der Waals surface area contributed by atoms with E-state index in [1.807, 2.05) is 23.1 Å². The van der Waals surface area contributed by atoms with Gasteiger partial charge < -0.3 is 0 Å². The Hall–Kier alpha value is -1.61. The second-order valence-corrected chi connectivity index (χ2v) is 3.79. The molecule has 15 heavy (non-hydrogen) atoms. The Morgan fingerprint density at radius 2 is 2.20 bits per heavy atom. The molecule has 1 aliphatic heterocycles. The Morgan fingerprint density at radius 3 is 3.07 bits per heavy atom. The summed E-state index contributed by atoms with van der Waals surface area (Å²) in [6, 6.07) is 10.5. The summed E-state index contributed by atoms with van der Waals surface area (Å²) in [4.78, 5) is 0. The van der Waals surface area contributed by atoms with Crippen molar-refractivity contribution in [2.75, 3.05) is 6.54 Å². The van der Waals surface area contributed by atoms with Gasteiger partial charge in [-0.2, -0.15) is 5.10 Å². The second kappa shape index (κ2) is 3.51. The normalized spacial score (nSPS) is 19.9. The van der Waals surface area contributed by atoms with E-state index in [-0.39, 0.29) is 6.17 Å². The molecule has 1 atom stereocenters. The Labute approximate surface area is 88.7 Å². The molecule has 0 aliphatic carbocycles. The van der Waals surface area contributed by atoms with E-state index >= 15 is 0 Å². The number of hydrogen-bond donors (Lipinski definition) is 1. The van der Waals surface area contributed by atoms with Crippen molar-refractivity contribution < 1.29 is 0 Å². The Bertz CT molecular complexity index is 448. The van der Waals surface area contributed by atoms with Crippen LogP contribution in [0, 0.1) is 0 Å². The molecule has 76 valence electrons. The molecule has 3 nitrogen and oxygen atoms in total. The number of hydrogen-bond acceptors (Lipinski definition) is 2. The van der Waals surface area contributed by atoms with Crippen molar-refractivity contribution in [3.63, 3.8) is 0 Å². The molecule has 2 heterocycles. The molecule has 1 aromatic carbocycles. The molecule has 1 aromatic heterocycles. The van der Waals surface area contributed by atoms with Crippen LogP contribution in [-0.2, 0) is 6.42 Å². The van der Waals surface area contributed by atoms with Gasteiger partial charge in [0.05, 0.1) is 0 Å². The average molecular weight is 199 g/mol. The Kier molecular flexibility index (Phi) is 2.03. The maximum atomic E-state index is 4.29. The van der Waals surface area contributed by atoms with E-state index in [2.05, 4.69) is 34.7 Å². The first-order valence-corrected chi connectivity index (χ1v) is 5.25. The summed E-state index contributed by atoms with van der Waals surface area (Å²) in [5, 5.41) is 7.77. The fourth-order valence-electron chi connectivity index (χ4n) is 2.15. The largest absolute Gasteiger partial charge is 0.292 e. The topological polar surface area (TPSA) is 29.9 Å². The van der Waals surface area contributed by atoms with Crippen molar-refractivity contribution in [1.29, 1.82) is 0 Å². The van der Waals surface area contributed by atoms with Crippen LogP contribution < -0.4 is 5.32 Å². The third-order valence-corrected chi connectivity index (χ3v) is 2.87. The monoisotopic (exact) mass is 199 g/mol. The molecule has 0 bridgehead atoms. The van der Waals surface area contributed by atoms with E-state index in [1.54, 1.807) is 0 Å². The number of rotatable bonds is 1. The van der Waals surface area contributed by atoms with Gasteiger partial charge in [0.15, 0.2) is 0 Å². The van der Waals surface area contributed by atoms with Crippen LogP contribution in [-0.4, -0.2) is 16.3 Å². The maximum absolute atomic E-state index is 4.29. The summed E-state index contributed by atoms with van der Waals surface area (Å²) in [5.74, 6) is 0. The number of benzene rings is 1. The van der Waals surface area contributed by atoms with Crippen molar-refractivity contribution in [3.05, 3.63) is 53.9 Å². The minimum Gasteiger partial charge on any atom is -0.292 e. The lowest BCUT2D eigenvalue weighted by molar-refractivity contribution is 0.410. The zero-order valence-corrected chi connectivity index (χ0v) is 8.43. The molecule has 1 aliphatic rings. The van der Waals surface area contributed by atoms with Crippen LogP contribution >= 0.6 is 0 Å². The van der Waals surface area contributed by atoms with Crippen LogP contribution in [0.25, 0.3) is 0 Å². The van der Waals surface area contributed by atoms with Gasteiger partial charge in [0.25, 0.3) is 0 Å². The van der Waals surface area contributed by atoms with Crippen molar-refractivity contribution in [2.24, 2.45) is 0 Å². The molecule has 2 aromatic rings. The van der Waals surface area contributed by atoms with Crippen LogP contribution in [0.3, 0.4) is 0 Å². The molecule has 1 unspecified atom stereocenters. The average Bonchev–Trinajstić information content (AvgIpc) is 2.82. The van der Waals surface area contributed by atoms with Gasteiger partial charge >= 0.3 is 0 Å². The molecule has 0 amide bonds. The Balaban J connectivity index is 2.06. The van der Waals surface area contributed by atoms with Gasteiger partial charge in [-0.05, 0) is 23.6 Å². The van der Waals surface area contributed by atoms with E-state index in [0.717, 1.165) is 13.0 Å². The quantitative estimate of drug-likeness (QED) is 0.755. The van der Waals surface area contributed by atoms with Crippen LogP contribution in [0.1, 0.15) is 17.3 Å². The Morgan fingerprint density at radius 1 is 1.27 bits per heavy atom. The van der Waals surface area contributed by atoms with Gasteiger partial charge in [-0.15, -0.1) is 0 Å². The SMILES string of the molecule is c1ccc2c(c1)CCNC2n1cccn1. The highest BCUT2D eigenvalue weighted by Crippen LogP contribution is 2.23. The molecule has 0 saturated carbocycles. The molecule has 0 fully saturated rings. The third kappa shape index (κ3) is 1.45. The van der Waals surface area contributed by atoms with Gasteiger partial charge in [0.2, 0.25) is 0 Å². The molecule has 1 N–H and O–H groups in total. The summed E-state index contributed by atoms with van der Waals surface area (Å²) in [6.45, 7) is 1.02. The summed E-state index contributed by atoms with van der Waals surface area (Å²) >= 11 is 0. The highest BCUT2D eigenvalue weighted by molar-refractivity contribution is 5.32. The molecule has 0 spiro atoms. The van der Waals surface area contributed by atoms with Crippen LogP contribution in [0.2, 0.25) is 0 Å². The fraction of sp³-hybridized carbons (Fsp3) is 0.250. The van der Waals surface area contributed by atoms with E-state index in [1.165, 1.54) is 11.1 Å². The molecule has 0 saturated heterocycles. The van der Waals surface area contributed by atoms with E-state index < -0.39 is 0 Å². The zero-order valence-electron chi connectivity index (χ0n) is 8.43. The van der Waals surface area contributed by atoms with Gasteiger partial charge in [0.1, 0.15) is 6.17 Å². The third-order valence-electron chi connectivity index (χ3n) is 2.87. The van der Waals surface area contributed by atoms with Gasteiger partial charge in [0, 0.05) is 18.9 Å². The van der Waals surface area contributed by atoms with Gasteiger partial charge in [-0.1, -0.05) is 24.3 Å². The highest BCUT2D eigenvalue weighted by Gasteiger charge is 2.20. The zero-order chi connectivity index (χ0) is 10.1. The van der Waals surface area contributed by atoms with Gasteiger partial charge in [-0.25, -0.2) is 0 Å². The van der Waals surface area contributed by atoms with E-state index in [4.69, 9.17) is 0 Å². The smallest absolute Gasteiger partial charge is 0.127 e. The van der Waals surface area contributed by atoms with Crippen molar-refractivity contribution in [3.8, 4) is 0 Å². The highest BCUT2D eigenvalue weighted by atomic mass is 15.3. The molecule has 3 heteroatoms. The molecular formula is C12H13N3. The number of nitrogens with zero attached hydrogens (tertiary/aromatic N) is 2. The van der Waals surface area contributed by atoms with Crippen LogP contribution in [0.4, 0.5) is 0 Å². The number of aromatic nitrogens is 2. The summed E-state index contributed by atoms with van der Waals surface area (Å²) < 4.78 is 1.97. The standard InChI is InChI=1S/C12H13N3/c1-2-5-11-10(4-1)6-8-13-12(11)15-9-3-7-14-15/h1-5,7,9,12-13H,6,8H2. The minimum atomic E-state index is 0.199. The van der Waals surface area contributed by atoms with Crippen LogP contribution in [0.15, 0.2) is 42.7 Å². The number of fused-ring (bicyclic) bond motifs is 1. The van der Waals surface area contributed by atoms with Crippen molar-refractivity contribution >= 4 is 0 Å². The van der Waals surface area contributed by atoms with Crippen LogP contribution in [0.5, 0.6) is 0 Å². The molecule has 3 rings (SSSR count). The predicted octanol–water partition coefficient (Wildman–Crippen LogP) is 1.58. The summed E-state index contributed by atoms with van der Waals surface area (Å²) in [5.41, 5.74) is 2.77. The second-order valence-electron chi connectivity index (χ2n) is 3.79. The van der Waals surface area contributed by atoms with Crippen molar-refractivity contribution in [2.45, 2.75) is 12.6 Å². The first-order chi connectivity index (χ1) is 7.45. The lowest BCUT2D eigenvalue weighted by Crippen LogP contribution is -2.34. The lowest BCUT2D eigenvalue weighted by Gasteiger charge is -2.26. The maximum Gasteiger partial charge on any atom is 0.127 e. The minimum absolute atomic E-state index is 0.199. The fourth-order valence-corrected chi connectivity index (χ4v) is 2.15. The van der Waals surface area contributed by atoms with E-state index in [9.17, 15) is 0 Å². The van der Waals surface area contributed by atoms with E-state index in [0.29, 0.717) is 0 Å². The molecule has 0 radical (unpaired) electrons. The van der Waals surface area contributed by atoms with Crippen molar-refractivity contribution in [1.82, 2.24) is 15.1 Å². The summed E-state index contributed by atoms with van der Waals surface area (Å²) in [7, 11) is 0. The predicted molar refractivity (Wildman–Crippen MR) is 58.5 cm³/mol. The summed E-state index contributed by atoms with van der Waals surface area (Å²) in [6.07, 6.45) is 5.12. The first-order valence-electron chi connectivity index (χ1n) is 5.25.